The summed E-state index contributed by atoms with van der Waals surface area (Å²) in [6.45, 7) is 0.766. The molecule has 0 bridgehead atoms. The van der Waals surface area contributed by atoms with Crippen molar-refractivity contribution in [3.8, 4) is 11.5 Å². The molecular weight excluding hydrogens is 420 g/mol. The van der Waals surface area contributed by atoms with Gasteiger partial charge in [0, 0.05) is 17.8 Å². The lowest BCUT2D eigenvalue weighted by atomic mass is 9.89. The molecule has 4 N–H and O–H groups in total. The molecule has 0 atom stereocenters. The first-order valence-electron chi connectivity index (χ1n) is 11.4. The summed E-state index contributed by atoms with van der Waals surface area (Å²) in [7, 11) is 0. The van der Waals surface area contributed by atoms with Gasteiger partial charge in [0.25, 0.3) is 0 Å². The van der Waals surface area contributed by atoms with Gasteiger partial charge in [-0.05, 0) is 60.7 Å². The van der Waals surface area contributed by atoms with Crippen LogP contribution in [0.25, 0.3) is 0 Å². The van der Waals surface area contributed by atoms with Crippen molar-refractivity contribution in [2.45, 2.75) is 38.5 Å². The topological polar surface area (TPSA) is 118 Å². The maximum Gasteiger partial charge on any atom is 0.243 e. The molecule has 0 unspecified atom stereocenters. The second-order valence-corrected chi connectivity index (χ2v) is 8.68. The van der Waals surface area contributed by atoms with Gasteiger partial charge in [0.15, 0.2) is 11.5 Å². The van der Waals surface area contributed by atoms with Crippen molar-refractivity contribution >= 4 is 23.3 Å². The Morgan fingerprint density at radius 2 is 1.76 bits per heavy atom. The first kappa shape index (κ1) is 22.6. The summed E-state index contributed by atoms with van der Waals surface area (Å²) < 4.78 is 10.8. The minimum absolute atomic E-state index is 0.00561. The highest BCUT2D eigenvalue weighted by Crippen LogP contribution is 2.33. The number of amidine groups is 1. The SMILES string of the molecule is N=C(N)c1ccc(NC(=O)CN(CC2CCCCC2)C(=O)Cc2ccc3c(c2)OCO3)cc1. The molecule has 8 nitrogen and oxygen atoms in total. The number of nitrogens with one attached hydrogen (secondary N) is 2. The van der Waals surface area contributed by atoms with Crippen molar-refractivity contribution < 1.29 is 19.1 Å². The van der Waals surface area contributed by atoms with Gasteiger partial charge in [0.2, 0.25) is 18.6 Å². The van der Waals surface area contributed by atoms with Crippen LogP contribution >= 0.6 is 0 Å². The third-order valence-corrected chi connectivity index (χ3v) is 6.16. The Bertz CT molecular complexity index is 1020. The van der Waals surface area contributed by atoms with E-state index in [0.717, 1.165) is 18.4 Å². The molecule has 2 aliphatic rings. The quantitative estimate of drug-likeness (QED) is 0.421. The third-order valence-electron chi connectivity index (χ3n) is 6.16. The molecule has 1 fully saturated rings. The number of nitrogens with two attached hydrogens (primary N) is 1. The molecule has 1 saturated carbocycles. The predicted octanol–water partition coefficient (Wildman–Crippen LogP) is 3.29. The highest BCUT2D eigenvalue weighted by Gasteiger charge is 2.24. The van der Waals surface area contributed by atoms with Gasteiger partial charge in [-0.3, -0.25) is 15.0 Å². The molecule has 1 heterocycles. The van der Waals surface area contributed by atoms with Crippen LogP contribution in [0.15, 0.2) is 42.5 Å². The summed E-state index contributed by atoms with van der Waals surface area (Å²) in [5.41, 5.74) is 7.51. The number of hydrogen-bond donors (Lipinski definition) is 3. The van der Waals surface area contributed by atoms with E-state index in [2.05, 4.69) is 5.32 Å². The van der Waals surface area contributed by atoms with Crippen molar-refractivity contribution in [3.63, 3.8) is 0 Å². The Morgan fingerprint density at radius 3 is 2.48 bits per heavy atom. The van der Waals surface area contributed by atoms with E-state index in [9.17, 15) is 9.59 Å². The fraction of sp³-hybridized carbons (Fsp3) is 0.400. The lowest BCUT2D eigenvalue weighted by Gasteiger charge is -2.29. The van der Waals surface area contributed by atoms with E-state index < -0.39 is 0 Å². The first-order valence-corrected chi connectivity index (χ1v) is 11.4. The van der Waals surface area contributed by atoms with Crippen molar-refractivity contribution in [1.29, 1.82) is 5.41 Å². The van der Waals surface area contributed by atoms with Gasteiger partial charge in [-0.2, -0.15) is 0 Å². The van der Waals surface area contributed by atoms with Crippen molar-refractivity contribution in [2.24, 2.45) is 11.7 Å². The molecule has 0 saturated heterocycles. The molecule has 174 valence electrons. The summed E-state index contributed by atoms with van der Waals surface area (Å²) in [5, 5.41) is 10.3. The van der Waals surface area contributed by atoms with Gasteiger partial charge in [-0.15, -0.1) is 0 Å². The van der Waals surface area contributed by atoms with Crippen molar-refractivity contribution in [2.75, 3.05) is 25.2 Å². The molecule has 1 aliphatic carbocycles. The third kappa shape index (κ3) is 6.03. The van der Waals surface area contributed by atoms with Gasteiger partial charge in [0.05, 0.1) is 13.0 Å². The van der Waals surface area contributed by atoms with Crippen LogP contribution in [0.1, 0.15) is 43.2 Å². The Kier molecular flexibility index (Phi) is 7.12. The normalized spacial score (nSPS) is 15.2. The van der Waals surface area contributed by atoms with Gasteiger partial charge in [-0.25, -0.2) is 0 Å². The lowest BCUT2D eigenvalue weighted by molar-refractivity contribution is -0.134. The summed E-state index contributed by atoms with van der Waals surface area (Å²) >= 11 is 0. The Labute approximate surface area is 193 Å². The van der Waals surface area contributed by atoms with Crippen LogP contribution in [-0.2, 0) is 16.0 Å². The van der Waals surface area contributed by atoms with Crippen LogP contribution in [0.5, 0.6) is 11.5 Å². The van der Waals surface area contributed by atoms with Gasteiger partial charge in [-0.1, -0.05) is 25.3 Å². The number of nitrogens with zero attached hydrogens (tertiary/aromatic N) is 1. The minimum atomic E-state index is -0.250. The molecule has 8 heteroatoms. The second-order valence-electron chi connectivity index (χ2n) is 8.68. The fourth-order valence-corrected chi connectivity index (χ4v) is 4.38. The molecule has 2 amide bonds. The Hall–Kier alpha value is -3.55. The monoisotopic (exact) mass is 450 g/mol. The number of carbonyl (C=O) groups excluding carboxylic acids is 2. The van der Waals surface area contributed by atoms with E-state index in [4.69, 9.17) is 20.6 Å². The molecule has 0 spiro atoms. The summed E-state index contributed by atoms with van der Waals surface area (Å²) in [6, 6.07) is 12.3. The van der Waals surface area contributed by atoms with Crippen LogP contribution in [0.2, 0.25) is 0 Å². The second kappa shape index (κ2) is 10.4. The standard InChI is InChI=1S/C25H30N4O4/c26-25(27)19-7-9-20(10-8-19)28-23(30)15-29(14-17-4-2-1-3-5-17)24(31)13-18-6-11-21-22(12-18)33-16-32-21/h6-12,17H,1-5,13-16H2,(H3,26,27)(H,28,30). The zero-order valence-corrected chi connectivity index (χ0v) is 18.6. The Morgan fingerprint density at radius 1 is 1.03 bits per heavy atom. The number of rotatable bonds is 8. The summed E-state index contributed by atoms with van der Waals surface area (Å²) in [5.74, 6) is 1.39. The van der Waals surface area contributed by atoms with E-state index >= 15 is 0 Å². The maximum atomic E-state index is 13.2. The maximum absolute atomic E-state index is 13.2. The van der Waals surface area contributed by atoms with E-state index in [-0.39, 0.29) is 37.4 Å². The number of carbonyl (C=O) groups is 2. The average Bonchev–Trinajstić information content (AvgIpc) is 3.27. The summed E-state index contributed by atoms with van der Waals surface area (Å²) in [6.07, 6.45) is 5.94. The van der Waals surface area contributed by atoms with E-state index in [1.165, 1.54) is 19.3 Å². The molecule has 1 aliphatic heterocycles. The number of ether oxygens (including phenoxy) is 2. The van der Waals surface area contributed by atoms with Gasteiger partial charge < -0.3 is 25.4 Å². The number of hydrogen-bond acceptors (Lipinski definition) is 5. The van der Waals surface area contributed by atoms with Crippen molar-refractivity contribution in [3.05, 3.63) is 53.6 Å². The minimum Gasteiger partial charge on any atom is -0.454 e. The average molecular weight is 451 g/mol. The molecule has 4 rings (SSSR count). The van der Waals surface area contributed by atoms with Crippen LogP contribution in [-0.4, -0.2) is 42.4 Å². The van der Waals surface area contributed by atoms with Crippen LogP contribution in [0, 0.1) is 11.3 Å². The highest BCUT2D eigenvalue weighted by molar-refractivity contribution is 5.97. The molecule has 0 aromatic heterocycles. The fourth-order valence-electron chi connectivity index (χ4n) is 4.38. The van der Waals surface area contributed by atoms with E-state index in [0.29, 0.717) is 35.2 Å². The molecular formula is C25H30N4O4. The number of benzene rings is 2. The van der Waals surface area contributed by atoms with Gasteiger partial charge in [0.1, 0.15) is 5.84 Å². The predicted molar refractivity (Wildman–Crippen MR) is 126 cm³/mol. The molecule has 2 aromatic rings. The van der Waals surface area contributed by atoms with Crippen LogP contribution < -0.4 is 20.5 Å². The zero-order valence-electron chi connectivity index (χ0n) is 18.6. The number of anilines is 1. The van der Waals surface area contributed by atoms with Crippen LogP contribution in [0.3, 0.4) is 0 Å². The first-order chi connectivity index (χ1) is 16.0. The number of fused-ring (bicyclic) bond motifs is 1. The largest absolute Gasteiger partial charge is 0.454 e. The Balaban J connectivity index is 1.42. The molecule has 33 heavy (non-hydrogen) atoms. The molecule has 0 radical (unpaired) electrons. The lowest BCUT2D eigenvalue weighted by Crippen LogP contribution is -2.42. The zero-order chi connectivity index (χ0) is 23.2. The number of nitrogen functional groups attached to an aromatic ring is 1. The van der Waals surface area contributed by atoms with Gasteiger partial charge >= 0.3 is 0 Å². The highest BCUT2D eigenvalue weighted by atomic mass is 16.7. The van der Waals surface area contributed by atoms with Crippen molar-refractivity contribution in [1.82, 2.24) is 4.90 Å². The summed E-state index contributed by atoms with van der Waals surface area (Å²) in [4.78, 5) is 27.7. The van der Waals surface area contributed by atoms with E-state index in [1.807, 2.05) is 18.2 Å². The smallest absolute Gasteiger partial charge is 0.243 e. The van der Waals surface area contributed by atoms with Crippen LogP contribution in [0.4, 0.5) is 5.69 Å². The van der Waals surface area contributed by atoms with E-state index in [1.54, 1.807) is 29.2 Å². The molecule has 2 aromatic carbocycles. The number of amides is 2.